The van der Waals surface area contributed by atoms with Gasteiger partial charge in [-0.2, -0.15) is 0 Å². The van der Waals surface area contributed by atoms with Crippen LogP contribution in [0.25, 0.3) is 0 Å². The predicted molar refractivity (Wildman–Crippen MR) is 116 cm³/mol. The summed E-state index contributed by atoms with van der Waals surface area (Å²) in [6.07, 6.45) is 6.56. The summed E-state index contributed by atoms with van der Waals surface area (Å²) < 4.78 is 72.3. The predicted octanol–water partition coefficient (Wildman–Crippen LogP) is 7.09. The zero-order chi connectivity index (χ0) is 23.4. The average Bonchev–Trinajstić information content (AvgIpc) is 2.81. The van der Waals surface area contributed by atoms with E-state index in [1.165, 1.54) is 44.6 Å². The van der Waals surface area contributed by atoms with Gasteiger partial charge < -0.3 is 14.2 Å². The summed E-state index contributed by atoms with van der Waals surface area (Å²) in [4.78, 5) is 0. The molecule has 2 aromatic carbocycles. The lowest BCUT2D eigenvalue weighted by Gasteiger charge is -2.37. The van der Waals surface area contributed by atoms with Crippen LogP contribution in [0, 0.1) is 41.0 Å². The van der Waals surface area contributed by atoms with Crippen LogP contribution in [-0.4, -0.2) is 13.2 Å². The van der Waals surface area contributed by atoms with Crippen LogP contribution in [0.5, 0.6) is 5.75 Å². The highest BCUT2D eigenvalue weighted by atomic mass is 19.2. The largest absolute Gasteiger partial charge is 0.483 e. The van der Waals surface area contributed by atoms with Gasteiger partial charge in [-0.05, 0) is 54.5 Å². The van der Waals surface area contributed by atoms with Crippen molar-refractivity contribution < 1.29 is 31.8 Å². The summed E-state index contributed by atoms with van der Waals surface area (Å²) >= 11 is 0. The van der Waals surface area contributed by atoms with Crippen LogP contribution < -0.4 is 4.74 Å². The number of rotatable bonds is 7. The van der Waals surface area contributed by atoms with Gasteiger partial charge in [0.2, 0.25) is 0 Å². The maximum Gasteiger partial charge on any atom is 0.191 e. The summed E-state index contributed by atoms with van der Waals surface area (Å²) in [5, 5.41) is 0. The second-order valence-corrected chi connectivity index (χ2v) is 9.18. The molecule has 0 spiro atoms. The van der Waals surface area contributed by atoms with E-state index in [9.17, 15) is 17.6 Å². The van der Waals surface area contributed by atoms with Crippen molar-refractivity contribution in [3.8, 4) is 5.75 Å². The minimum absolute atomic E-state index is 0.246. The van der Waals surface area contributed by atoms with Crippen LogP contribution >= 0.6 is 0 Å². The van der Waals surface area contributed by atoms with E-state index < -0.39 is 35.3 Å². The fourth-order valence-electron chi connectivity index (χ4n) is 4.98. The minimum Gasteiger partial charge on any atom is -0.483 e. The lowest BCUT2D eigenvalue weighted by molar-refractivity contribution is -0.215. The van der Waals surface area contributed by atoms with Crippen LogP contribution in [0.2, 0.25) is 0 Å². The first-order valence-electron chi connectivity index (χ1n) is 11.7. The second-order valence-electron chi connectivity index (χ2n) is 9.18. The van der Waals surface area contributed by atoms with Gasteiger partial charge in [0.15, 0.2) is 35.3 Å². The van der Waals surface area contributed by atoms with Crippen molar-refractivity contribution in [1.29, 1.82) is 0 Å². The molecular weight excluding hydrogens is 436 g/mol. The zero-order valence-electron chi connectivity index (χ0n) is 18.8. The lowest BCUT2D eigenvalue weighted by Crippen LogP contribution is -2.34. The van der Waals surface area contributed by atoms with E-state index >= 15 is 0 Å². The molecule has 4 rings (SSSR count). The van der Waals surface area contributed by atoms with Crippen LogP contribution in [-0.2, 0) is 16.1 Å². The Hall–Kier alpha value is -2.12. The van der Waals surface area contributed by atoms with E-state index in [-0.39, 0.29) is 17.7 Å². The maximum atomic E-state index is 14.6. The highest BCUT2D eigenvalue weighted by Gasteiger charge is 2.33. The summed E-state index contributed by atoms with van der Waals surface area (Å²) in [6, 6.07) is 5.41. The van der Waals surface area contributed by atoms with Crippen molar-refractivity contribution in [2.24, 2.45) is 17.8 Å². The van der Waals surface area contributed by atoms with Gasteiger partial charge in [-0.15, -0.1) is 0 Å². The SMILES string of the molecule is CCCC1CCC(C2COC(c3cc(F)c(OCc4ccc(F)c(F)c4)c(F)c3)OC2)CC1. The molecule has 2 fully saturated rings. The summed E-state index contributed by atoms with van der Waals surface area (Å²) in [5.74, 6) is -2.74. The van der Waals surface area contributed by atoms with Gasteiger partial charge in [-0.25, -0.2) is 17.6 Å². The van der Waals surface area contributed by atoms with Crippen LogP contribution in [0.1, 0.15) is 62.9 Å². The van der Waals surface area contributed by atoms with E-state index in [1.54, 1.807) is 0 Å². The molecule has 2 aromatic rings. The van der Waals surface area contributed by atoms with Crippen molar-refractivity contribution in [3.05, 3.63) is 64.7 Å². The molecule has 33 heavy (non-hydrogen) atoms. The zero-order valence-corrected chi connectivity index (χ0v) is 18.8. The van der Waals surface area contributed by atoms with E-state index in [2.05, 4.69) is 6.92 Å². The first-order valence-corrected chi connectivity index (χ1v) is 11.7. The van der Waals surface area contributed by atoms with Gasteiger partial charge in [-0.3, -0.25) is 0 Å². The molecule has 1 heterocycles. The highest BCUT2D eigenvalue weighted by molar-refractivity contribution is 5.32. The van der Waals surface area contributed by atoms with Gasteiger partial charge in [-0.1, -0.05) is 38.7 Å². The molecule has 0 bridgehead atoms. The first-order chi connectivity index (χ1) is 15.9. The molecule has 0 N–H and O–H groups in total. The number of benzene rings is 2. The van der Waals surface area contributed by atoms with Crippen molar-refractivity contribution in [3.63, 3.8) is 0 Å². The van der Waals surface area contributed by atoms with E-state index in [4.69, 9.17) is 14.2 Å². The Balaban J connectivity index is 1.32. The average molecular weight is 467 g/mol. The Morgan fingerprint density at radius 3 is 2.09 bits per heavy atom. The van der Waals surface area contributed by atoms with Gasteiger partial charge in [0.1, 0.15) is 6.61 Å². The third kappa shape index (κ3) is 5.87. The standard InChI is InChI=1S/C26H30F4O3/c1-2-3-16-4-7-18(8-5-16)20-14-32-26(33-15-20)19-11-23(29)25(24(30)12-19)31-13-17-6-9-21(27)22(28)10-17/h6,9-12,16,18,20,26H,2-5,7-8,13-15H2,1H3. The Bertz CT molecular complexity index is 912. The van der Waals surface area contributed by atoms with Crippen molar-refractivity contribution in [1.82, 2.24) is 0 Å². The molecule has 0 aromatic heterocycles. The number of hydrogen-bond acceptors (Lipinski definition) is 3. The molecule has 1 saturated heterocycles. The molecule has 0 unspecified atom stereocenters. The highest BCUT2D eigenvalue weighted by Crippen LogP contribution is 2.39. The number of hydrogen-bond donors (Lipinski definition) is 0. The van der Waals surface area contributed by atoms with E-state index in [0.717, 1.165) is 30.2 Å². The number of ether oxygens (including phenoxy) is 3. The van der Waals surface area contributed by atoms with Gasteiger partial charge in [0, 0.05) is 11.5 Å². The summed E-state index contributed by atoms with van der Waals surface area (Å²) in [7, 11) is 0. The normalized spacial score (nSPS) is 25.7. The Kier molecular flexibility index (Phi) is 7.91. The van der Waals surface area contributed by atoms with Crippen molar-refractivity contribution in [2.75, 3.05) is 13.2 Å². The summed E-state index contributed by atoms with van der Waals surface area (Å²) in [5.41, 5.74) is 0.501. The van der Waals surface area contributed by atoms with Crippen molar-refractivity contribution >= 4 is 0 Å². The maximum absolute atomic E-state index is 14.6. The second kappa shape index (κ2) is 10.9. The molecule has 7 heteroatoms. The number of halogens is 4. The molecular formula is C26H30F4O3. The third-order valence-corrected chi connectivity index (χ3v) is 6.84. The molecule has 0 atom stereocenters. The summed E-state index contributed by atoms with van der Waals surface area (Å²) in [6.45, 7) is 2.94. The van der Waals surface area contributed by atoms with Crippen LogP contribution in [0.3, 0.4) is 0 Å². The molecule has 1 aliphatic carbocycles. The van der Waals surface area contributed by atoms with Crippen LogP contribution in [0.15, 0.2) is 30.3 Å². The lowest BCUT2D eigenvalue weighted by atomic mass is 9.75. The smallest absolute Gasteiger partial charge is 0.191 e. The molecule has 0 amide bonds. The van der Waals surface area contributed by atoms with Gasteiger partial charge in [0.05, 0.1) is 13.2 Å². The topological polar surface area (TPSA) is 27.7 Å². The third-order valence-electron chi connectivity index (χ3n) is 6.84. The first kappa shape index (κ1) is 24.0. The van der Waals surface area contributed by atoms with Gasteiger partial charge in [0.25, 0.3) is 0 Å². The minimum atomic E-state index is -1.05. The quantitative estimate of drug-likeness (QED) is 0.408. The Labute approximate surface area is 192 Å². The molecule has 1 aliphatic heterocycles. The molecule has 180 valence electrons. The molecule has 1 saturated carbocycles. The Morgan fingerprint density at radius 2 is 1.48 bits per heavy atom. The molecule has 2 aliphatic rings. The fraction of sp³-hybridized carbons (Fsp3) is 0.538. The monoisotopic (exact) mass is 466 g/mol. The molecule has 0 radical (unpaired) electrons. The van der Waals surface area contributed by atoms with Crippen molar-refractivity contribution in [2.45, 2.75) is 58.3 Å². The van der Waals surface area contributed by atoms with Crippen LogP contribution in [0.4, 0.5) is 17.6 Å². The fourth-order valence-corrected chi connectivity index (χ4v) is 4.98. The molecule has 3 nitrogen and oxygen atoms in total. The van der Waals surface area contributed by atoms with E-state index in [0.29, 0.717) is 25.0 Å². The van der Waals surface area contributed by atoms with Gasteiger partial charge >= 0.3 is 0 Å². The van der Waals surface area contributed by atoms with E-state index in [1.807, 2.05) is 0 Å². The Morgan fingerprint density at radius 1 is 0.818 bits per heavy atom.